The van der Waals surface area contributed by atoms with Gasteiger partial charge in [0.15, 0.2) is 0 Å². The molecule has 0 heterocycles. The van der Waals surface area contributed by atoms with E-state index >= 15 is 0 Å². The number of rotatable bonds is 9. The largest absolute Gasteiger partial charge is 0.495 e. The third-order valence-corrected chi connectivity index (χ3v) is 4.36. The number of nitrogens with two attached hydrogens (primary N) is 1. The van der Waals surface area contributed by atoms with Crippen molar-refractivity contribution in [3.8, 4) is 5.75 Å². The lowest BCUT2D eigenvalue weighted by atomic mass is 10.1. The van der Waals surface area contributed by atoms with Gasteiger partial charge in [-0.1, -0.05) is 13.8 Å². The van der Waals surface area contributed by atoms with Crippen molar-refractivity contribution < 1.29 is 17.9 Å². The van der Waals surface area contributed by atoms with E-state index in [1.807, 2.05) is 0 Å². The zero-order valence-electron chi connectivity index (χ0n) is 12.8. The maximum absolute atomic E-state index is 12.2. The second kappa shape index (κ2) is 8.21. The second-order valence-corrected chi connectivity index (χ2v) is 6.84. The van der Waals surface area contributed by atoms with Gasteiger partial charge in [0.25, 0.3) is 0 Å². The van der Waals surface area contributed by atoms with Gasteiger partial charge in [-0.3, -0.25) is 0 Å². The maximum atomic E-state index is 12.2. The molecule has 1 aromatic rings. The molecule has 0 atom stereocenters. The Morgan fingerprint density at radius 1 is 1.29 bits per heavy atom. The van der Waals surface area contributed by atoms with Crippen LogP contribution in [0.15, 0.2) is 23.1 Å². The van der Waals surface area contributed by atoms with Gasteiger partial charge in [0.05, 0.1) is 13.7 Å². The molecule has 1 rings (SSSR count). The highest BCUT2D eigenvalue weighted by atomic mass is 32.2. The van der Waals surface area contributed by atoms with Crippen LogP contribution < -0.4 is 15.2 Å². The lowest BCUT2D eigenvalue weighted by molar-refractivity contribution is 0.128. The molecule has 0 unspecified atom stereocenters. The van der Waals surface area contributed by atoms with Gasteiger partial charge >= 0.3 is 0 Å². The van der Waals surface area contributed by atoms with Crippen LogP contribution in [0.5, 0.6) is 5.75 Å². The van der Waals surface area contributed by atoms with Crippen LogP contribution in [0.4, 0.5) is 5.69 Å². The Labute approximate surface area is 126 Å². The molecule has 0 fully saturated rings. The number of ether oxygens (including phenoxy) is 2. The topological polar surface area (TPSA) is 90.7 Å². The summed E-state index contributed by atoms with van der Waals surface area (Å²) in [4.78, 5) is 0.0707. The van der Waals surface area contributed by atoms with E-state index < -0.39 is 10.0 Å². The molecule has 0 bridgehead atoms. The number of methoxy groups -OCH3 is 1. The summed E-state index contributed by atoms with van der Waals surface area (Å²) in [6, 6.07) is 4.43. The third kappa shape index (κ3) is 5.91. The van der Waals surface area contributed by atoms with E-state index in [2.05, 4.69) is 18.6 Å². The molecule has 6 nitrogen and oxygen atoms in total. The predicted octanol–water partition coefficient (Wildman–Crippen LogP) is 1.62. The number of sulfonamides is 1. The van der Waals surface area contributed by atoms with Crippen molar-refractivity contribution in [3.05, 3.63) is 18.2 Å². The molecule has 0 saturated carbocycles. The van der Waals surface area contributed by atoms with E-state index in [0.29, 0.717) is 24.8 Å². The van der Waals surface area contributed by atoms with Gasteiger partial charge in [-0.05, 0) is 24.5 Å². The molecule has 0 radical (unpaired) electrons. The van der Waals surface area contributed by atoms with Crippen LogP contribution >= 0.6 is 0 Å². The number of benzene rings is 1. The average molecular weight is 316 g/mol. The molecule has 3 N–H and O–H groups in total. The van der Waals surface area contributed by atoms with Crippen LogP contribution in [-0.4, -0.2) is 35.3 Å². The standard InChI is InChI=1S/C14H24N2O4S/c1-11(2)6-8-20-9-7-16-21(17,18)14-5-4-12(15)10-13(14)19-3/h4-5,10-11,16H,6-9,15H2,1-3H3. The van der Waals surface area contributed by atoms with Crippen LogP contribution in [0.25, 0.3) is 0 Å². The molecule has 1 aromatic carbocycles. The fourth-order valence-electron chi connectivity index (χ4n) is 1.65. The minimum atomic E-state index is -3.63. The van der Waals surface area contributed by atoms with Crippen molar-refractivity contribution in [1.29, 1.82) is 0 Å². The molecule has 120 valence electrons. The summed E-state index contributed by atoms with van der Waals surface area (Å²) < 4.78 is 37.3. The Bertz CT molecular complexity index is 544. The lowest BCUT2D eigenvalue weighted by Crippen LogP contribution is -2.28. The first-order valence-electron chi connectivity index (χ1n) is 6.87. The molecule has 21 heavy (non-hydrogen) atoms. The molecule has 0 amide bonds. The number of hydrogen-bond acceptors (Lipinski definition) is 5. The van der Waals surface area contributed by atoms with Crippen molar-refractivity contribution in [3.63, 3.8) is 0 Å². The number of nitrogen functional groups attached to an aromatic ring is 1. The van der Waals surface area contributed by atoms with Gasteiger partial charge in [-0.2, -0.15) is 0 Å². The van der Waals surface area contributed by atoms with Gasteiger partial charge < -0.3 is 15.2 Å². The number of nitrogens with one attached hydrogen (secondary N) is 1. The molecule has 0 saturated heterocycles. The predicted molar refractivity (Wildman–Crippen MR) is 82.9 cm³/mol. The summed E-state index contributed by atoms with van der Waals surface area (Å²) >= 11 is 0. The molecule has 0 aliphatic rings. The summed E-state index contributed by atoms with van der Waals surface area (Å²) in [6.07, 6.45) is 0.957. The van der Waals surface area contributed by atoms with Gasteiger partial charge in [0.1, 0.15) is 10.6 Å². The van der Waals surface area contributed by atoms with Crippen LogP contribution in [0.2, 0.25) is 0 Å². The average Bonchev–Trinajstić information content (AvgIpc) is 2.41. The Kier molecular flexibility index (Phi) is 6.94. The van der Waals surface area contributed by atoms with Crippen molar-refractivity contribution in [2.24, 2.45) is 5.92 Å². The first kappa shape index (κ1) is 17.7. The molecule has 0 aromatic heterocycles. The molecule has 0 aliphatic carbocycles. The number of anilines is 1. The minimum absolute atomic E-state index is 0.0707. The normalized spacial score (nSPS) is 11.8. The lowest BCUT2D eigenvalue weighted by Gasteiger charge is -2.11. The highest BCUT2D eigenvalue weighted by Crippen LogP contribution is 2.25. The van der Waals surface area contributed by atoms with E-state index in [4.69, 9.17) is 15.2 Å². The van der Waals surface area contributed by atoms with E-state index in [1.165, 1.54) is 25.3 Å². The van der Waals surface area contributed by atoms with Gasteiger partial charge in [-0.25, -0.2) is 13.1 Å². The van der Waals surface area contributed by atoms with Crippen molar-refractivity contribution in [2.75, 3.05) is 32.6 Å². The SMILES string of the molecule is COc1cc(N)ccc1S(=O)(=O)NCCOCCC(C)C. The minimum Gasteiger partial charge on any atom is -0.495 e. The van der Waals surface area contributed by atoms with Gasteiger partial charge in [-0.15, -0.1) is 0 Å². The maximum Gasteiger partial charge on any atom is 0.244 e. The van der Waals surface area contributed by atoms with E-state index in [9.17, 15) is 8.42 Å². The van der Waals surface area contributed by atoms with Crippen molar-refractivity contribution in [1.82, 2.24) is 4.72 Å². The molecule has 0 aliphatic heterocycles. The molecule has 0 spiro atoms. The van der Waals surface area contributed by atoms with Crippen LogP contribution in [0.1, 0.15) is 20.3 Å². The molecular weight excluding hydrogens is 292 g/mol. The van der Waals surface area contributed by atoms with Crippen LogP contribution in [0, 0.1) is 5.92 Å². The van der Waals surface area contributed by atoms with Gasteiger partial charge in [0, 0.05) is 24.9 Å². The first-order valence-corrected chi connectivity index (χ1v) is 8.36. The zero-order chi connectivity index (χ0) is 15.9. The number of hydrogen-bond donors (Lipinski definition) is 2. The highest BCUT2D eigenvalue weighted by Gasteiger charge is 2.18. The first-order chi connectivity index (χ1) is 9.86. The van der Waals surface area contributed by atoms with Crippen molar-refractivity contribution >= 4 is 15.7 Å². The highest BCUT2D eigenvalue weighted by molar-refractivity contribution is 7.89. The van der Waals surface area contributed by atoms with E-state index in [-0.39, 0.29) is 17.2 Å². The monoisotopic (exact) mass is 316 g/mol. The van der Waals surface area contributed by atoms with Gasteiger partial charge in [0.2, 0.25) is 10.0 Å². The third-order valence-electron chi connectivity index (χ3n) is 2.86. The summed E-state index contributed by atoms with van der Waals surface area (Å²) in [5, 5.41) is 0. The van der Waals surface area contributed by atoms with E-state index in [1.54, 1.807) is 0 Å². The van der Waals surface area contributed by atoms with Crippen molar-refractivity contribution in [2.45, 2.75) is 25.2 Å². The Balaban J connectivity index is 2.54. The Hall–Kier alpha value is -1.31. The van der Waals surface area contributed by atoms with Crippen LogP contribution in [0.3, 0.4) is 0 Å². The van der Waals surface area contributed by atoms with Crippen LogP contribution in [-0.2, 0) is 14.8 Å². The molecular formula is C14H24N2O4S. The van der Waals surface area contributed by atoms with E-state index in [0.717, 1.165) is 6.42 Å². The smallest absolute Gasteiger partial charge is 0.244 e. The summed E-state index contributed by atoms with van der Waals surface area (Å²) in [5.74, 6) is 0.795. The molecule has 7 heteroatoms. The Morgan fingerprint density at radius 2 is 2.00 bits per heavy atom. The summed E-state index contributed by atoms with van der Waals surface area (Å²) in [7, 11) is -2.23. The Morgan fingerprint density at radius 3 is 2.62 bits per heavy atom. The zero-order valence-corrected chi connectivity index (χ0v) is 13.6. The quantitative estimate of drug-likeness (QED) is 0.533. The summed E-state index contributed by atoms with van der Waals surface area (Å²) in [5.41, 5.74) is 6.06. The fourth-order valence-corrected chi connectivity index (χ4v) is 2.82. The fraction of sp³-hybridized carbons (Fsp3) is 0.571. The summed E-state index contributed by atoms with van der Waals surface area (Å²) in [6.45, 7) is 5.40. The second-order valence-electron chi connectivity index (χ2n) is 5.10.